The number of aromatic nitrogens is 3. The molecule has 4 aromatic rings. The monoisotopic (exact) mass is 448 g/mol. The molecule has 0 atom stereocenters. The van der Waals surface area contributed by atoms with Crippen LogP contribution in [0.25, 0.3) is 16.3 Å². The summed E-state index contributed by atoms with van der Waals surface area (Å²) in [7, 11) is 0. The number of anilines is 1. The number of nitrogens with zero attached hydrogens (tertiary/aromatic N) is 3. The van der Waals surface area contributed by atoms with Crippen molar-refractivity contribution in [3.8, 4) is 16.3 Å². The zero-order valence-electron chi connectivity index (χ0n) is 15.0. The first kappa shape index (κ1) is 20.1. The molecule has 0 aliphatic heterocycles. The lowest BCUT2D eigenvalue weighted by atomic mass is 10.2. The highest BCUT2D eigenvalue weighted by atomic mass is 35.5. The van der Waals surface area contributed by atoms with E-state index >= 15 is 0 Å². The van der Waals surface area contributed by atoms with Gasteiger partial charge in [-0.15, -0.1) is 11.3 Å². The second kappa shape index (κ2) is 7.92. The van der Waals surface area contributed by atoms with Crippen LogP contribution in [-0.2, 0) is 6.18 Å². The standard InChI is InChI=1S/C20H12ClF3N4OS/c21-13-3-7-15(8-4-13)28-17(20(22,23)24)16(11-26-28)18(29)27-14-5-1-12(2-6-14)19-25-9-10-30-19/h1-11H,(H,27,29). The van der Waals surface area contributed by atoms with Gasteiger partial charge in [0.15, 0.2) is 5.69 Å². The Morgan fingerprint density at radius 1 is 1.07 bits per heavy atom. The zero-order chi connectivity index (χ0) is 21.3. The van der Waals surface area contributed by atoms with Gasteiger partial charge in [0, 0.05) is 27.9 Å². The second-order valence-corrected chi connectivity index (χ2v) is 7.49. The number of amides is 1. The van der Waals surface area contributed by atoms with Gasteiger partial charge in [0.1, 0.15) is 5.01 Å². The second-order valence-electron chi connectivity index (χ2n) is 6.16. The highest BCUT2D eigenvalue weighted by Crippen LogP contribution is 2.34. The summed E-state index contributed by atoms with van der Waals surface area (Å²) < 4.78 is 41.9. The van der Waals surface area contributed by atoms with Gasteiger partial charge in [-0.1, -0.05) is 11.6 Å². The van der Waals surface area contributed by atoms with Crippen LogP contribution in [0.4, 0.5) is 18.9 Å². The molecule has 10 heteroatoms. The van der Waals surface area contributed by atoms with E-state index in [0.717, 1.165) is 16.8 Å². The molecule has 30 heavy (non-hydrogen) atoms. The summed E-state index contributed by atoms with van der Waals surface area (Å²) in [6.45, 7) is 0. The molecular formula is C20H12ClF3N4OS. The lowest BCUT2D eigenvalue weighted by Crippen LogP contribution is -2.20. The number of carbonyl (C=O) groups is 1. The molecule has 0 radical (unpaired) electrons. The van der Waals surface area contributed by atoms with E-state index in [4.69, 9.17) is 11.6 Å². The van der Waals surface area contributed by atoms with E-state index in [1.807, 2.05) is 5.38 Å². The number of nitrogens with one attached hydrogen (secondary N) is 1. The van der Waals surface area contributed by atoms with Gasteiger partial charge in [-0.25, -0.2) is 9.67 Å². The Morgan fingerprint density at radius 3 is 2.37 bits per heavy atom. The summed E-state index contributed by atoms with van der Waals surface area (Å²) in [5, 5.41) is 9.28. The van der Waals surface area contributed by atoms with Crippen molar-refractivity contribution >= 4 is 34.5 Å². The molecule has 0 unspecified atom stereocenters. The summed E-state index contributed by atoms with van der Waals surface area (Å²) in [6, 6.07) is 12.3. The number of carbonyl (C=O) groups excluding carboxylic acids is 1. The lowest BCUT2D eigenvalue weighted by Gasteiger charge is -2.13. The van der Waals surface area contributed by atoms with E-state index < -0.39 is 23.3 Å². The third-order valence-electron chi connectivity index (χ3n) is 4.18. The van der Waals surface area contributed by atoms with Crippen LogP contribution >= 0.6 is 22.9 Å². The molecule has 0 saturated carbocycles. The van der Waals surface area contributed by atoms with Crippen molar-refractivity contribution in [3.05, 3.63) is 82.6 Å². The van der Waals surface area contributed by atoms with Crippen LogP contribution < -0.4 is 5.32 Å². The van der Waals surface area contributed by atoms with Crippen molar-refractivity contribution in [1.82, 2.24) is 14.8 Å². The van der Waals surface area contributed by atoms with Gasteiger partial charge in [-0.05, 0) is 48.5 Å². The normalized spacial score (nSPS) is 11.5. The quantitative estimate of drug-likeness (QED) is 0.421. The zero-order valence-corrected chi connectivity index (χ0v) is 16.6. The van der Waals surface area contributed by atoms with Gasteiger partial charge in [-0.3, -0.25) is 4.79 Å². The molecule has 0 saturated heterocycles. The number of hydrogen-bond donors (Lipinski definition) is 1. The molecule has 2 aromatic carbocycles. The highest BCUT2D eigenvalue weighted by Gasteiger charge is 2.40. The molecule has 2 aromatic heterocycles. The minimum Gasteiger partial charge on any atom is -0.322 e. The van der Waals surface area contributed by atoms with Gasteiger partial charge in [0.05, 0.1) is 17.4 Å². The third kappa shape index (κ3) is 4.07. The van der Waals surface area contributed by atoms with E-state index in [-0.39, 0.29) is 5.69 Å². The number of halogens is 4. The van der Waals surface area contributed by atoms with Gasteiger partial charge in [-0.2, -0.15) is 18.3 Å². The number of thiazole rings is 1. The van der Waals surface area contributed by atoms with Crippen LogP contribution in [-0.4, -0.2) is 20.7 Å². The fourth-order valence-electron chi connectivity index (χ4n) is 2.83. The molecule has 0 aliphatic rings. The van der Waals surface area contributed by atoms with Crippen molar-refractivity contribution < 1.29 is 18.0 Å². The van der Waals surface area contributed by atoms with Crippen molar-refractivity contribution in [2.45, 2.75) is 6.18 Å². The summed E-state index contributed by atoms with van der Waals surface area (Å²) in [5.74, 6) is -0.912. The molecule has 5 nitrogen and oxygen atoms in total. The van der Waals surface area contributed by atoms with E-state index in [1.54, 1.807) is 30.5 Å². The largest absolute Gasteiger partial charge is 0.434 e. The number of benzene rings is 2. The Hall–Kier alpha value is -3.17. The maximum atomic E-state index is 13.7. The van der Waals surface area contributed by atoms with Crippen LogP contribution in [0.1, 0.15) is 16.1 Å². The average molecular weight is 449 g/mol. The minimum absolute atomic E-state index is 0.138. The number of alkyl halides is 3. The SMILES string of the molecule is O=C(Nc1ccc(-c2nccs2)cc1)c1cnn(-c2ccc(Cl)cc2)c1C(F)(F)F. The Balaban J connectivity index is 1.63. The predicted molar refractivity (Wildman–Crippen MR) is 109 cm³/mol. The summed E-state index contributed by atoms with van der Waals surface area (Å²) in [5.41, 5.74) is -0.413. The van der Waals surface area contributed by atoms with E-state index in [1.165, 1.54) is 35.6 Å². The van der Waals surface area contributed by atoms with Crippen molar-refractivity contribution in [2.75, 3.05) is 5.32 Å². The maximum absolute atomic E-state index is 13.7. The first-order valence-electron chi connectivity index (χ1n) is 8.55. The van der Waals surface area contributed by atoms with Gasteiger partial charge >= 0.3 is 6.18 Å². The van der Waals surface area contributed by atoms with Crippen molar-refractivity contribution in [2.24, 2.45) is 0 Å². The first-order valence-corrected chi connectivity index (χ1v) is 9.81. The molecule has 0 aliphatic carbocycles. The number of hydrogen-bond acceptors (Lipinski definition) is 4. The van der Waals surface area contributed by atoms with Crippen LogP contribution in [0, 0.1) is 0 Å². The highest BCUT2D eigenvalue weighted by molar-refractivity contribution is 7.13. The average Bonchev–Trinajstić information content (AvgIpc) is 3.39. The Kier molecular flexibility index (Phi) is 5.31. The molecule has 4 rings (SSSR count). The summed E-state index contributed by atoms with van der Waals surface area (Å²) >= 11 is 7.26. The minimum atomic E-state index is -4.79. The van der Waals surface area contributed by atoms with Crippen LogP contribution in [0.5, 0.6) is 0 Å². The third-order valence-corrected chi connectivity index (χ3v) is 5.25. The van der Waals surface area contributed by atoms with E-state index in [2.05, 4.69) is 15.4 Å². The molecule has 1 N–H and O–H groups in total. The van der Waals surface area contributed by atoms with Crippen molar-refractivity contribution in [1.29, 1.82) is 0 Å². The summed E-state index contributed by atoms with van der Waals surface area (Å²) in [6.07, 6.45) is -2.22. The first-order chi connectivity index (χ1) is 14.3. The Labute approximate surface area is 177 Å². The maximum Gasteiger partial charge on any atom is 0.434 e. The van der Waals surface area contributed by atoms with Crippen molar-refractivity contribution in [3.63, 3.8) is 0 Å². The Morgan fingerprint density at radius 2 is 1.77 bits per heavy atom. The van der Waals surface area contributed by atoms with E-state index in [9.17, 15) is 18.0 Å². The van der Waals surface area contributed by atoms with Crippen LogP contribution in [0.15, 0.2) is 66.3 Å². The Bertz CT molecular complexity index is 1170. The van der Waals surface area contributed by atoms with Crippen LogP contribution in [0.3, 0.4) is 0 Å². The fraction of sp³-hybridized carbons (Fsp3) is 0.0500. The van der Waals surface area contributed by atoms with Gasteiger partial charge < -0.3 is 5.32 Å². The van der Waals surface area contributed by atoms with E-state index in [0.29, 0.717) is 15.4 Å². The molecule has 0 fully saturated rings. The van der Waals surface area contributed by atoms with Gasteiger partial charge in [0.25, 0.3) is 5.91 Å². The topological polar surface area (TPSA) is 59.8 Å². The molecular weight excluding hydrogens is 437 g/mol. The lowest BCUT2D eigenvalue weighted by molar-refractivity contribution is -0.143. The number of rotatable bonds is 4. The summed E-state index contributed by atoms with van der Waals surface area (Å²) in [4.78, 5) is 16.8. The molecule has 0 bridgehead atoms. The molecule has 0 spiro atoms. The molecule has 152 valence electrons. The smallest absolute Gasteiger partial charge is 0.322 e. The van der Waals surface area contributed by atoms with Crippen LogP contribution in [0.2, 0.25) is 5.02 Å². The fourth-order valence-corrected chi connectivity index (χ4v) is 3.60. The predicted octanol–water partition coefficient (Wildman–Crippen LogP) is 5.92. The molecule has 1 amide bonds. The van der Waals surface area contributed by atoms with Gasteiger partial charge in [0.2, 0.25) is 0 Å². The molecule has 2 heterocycles.